The van der Waals surface area contributed by atoms with Crippen molar-refractivity contribution in [3.63, 3.8) is 0 Å². The molecule has 84 valence electrons. The zero-order chi connectivity index (χ0) is 11.2. The Kier molecular flexibility index (Phi) is 5.53. The van der Waals surface area contributed by atoms with Gasteiger partial charge in [-0.25, -0.2) is 0 Å². The van der Waals surface area contributed by atoms with Crippen LogP contribution in [0.1, 0.15) is 40.5 Å². The first kappa shape index (κ1) is 13.2. The normalized spacial score (nSPS) is 11.8. The van der Waals surface area contributed by atoms with Crippen molar-refractivity contribution in [3.05, 3.63) is 0 Å². The molecule has 0 radical (unpaired) electrons. The second kappa shape index (κ2) is 5.86. The van der Waals surface area contributed by atoms with Gasteiger partial charge in [-0.2, -0.15) is 0 Å². The van der Waals surface area contributed by atoms with Gasteiger partial charge in [-0.05, 0) is 26.7 Å². The maximum absolute atomic E-state index is 6.99. The molecule has 4 heteroatoms. The van der Waals surface area contributed by atoms with Crippen LogP contribution in [-0.2, 0) is 0 Å². The van der Waals surface area contributed by atoms with Crippen molar-refractivity contribution in [2.45, 2.75) is 52.1 Å². The highest BCUT2D eigenvalue weighted by Gasteiger charge is 2.17. The lowest BCUT2D eigenvalue weighted by molar-refractivity contribution is 0.326. The third-order valence-corrected chi connectivity index (χ3v) is 1.97. The standard InChI is InChI=1S/C10H24N4/c1-8(2)14-10(3,4)6-5-7-13-9(11)12/h8,14H,5-7H2,1-4H3,(H4,11,12,13). The number of hydrogen-bond donors (Lipinski definition) is 4. The quantitative estimate of drug-likeness (QED) is 0.294. The molecule has 0 aliphatic carbocycles. The van der Waals surface area contributed by atoms with E-state index in [1.807, 2.05) is 0 Å². The van der Waals surface area contributed by atoms with Crippen LogP contribution in [0.25, 0.3) is 0 Å². The number of hydrogen-bond acceptors (Lipinski definition) is 2. The Labute approximate surface area is 87.1 Å². The van der Waals surface area contributed by atoms with Crippen molar-refractivity contribution in [3.8, 4) is 0 Å². The number of guanidine groups is 1. The van der Waals surface area contributed by atoms with Crippen molar-refractivity contribution in [2.24, 2.45) is 5.73 Å². The average molecular weight is 200 g/mol. The Balaban J connectivity index is 3.60. The van der Waals surface area contributed by atoms with Crippen molar-refractivity contribution in [2.75, 3.05) is 6.54 Å². The van der Waals surface area contributed by atoms with Crippen molar-refractivity contribution in [1.29, 1.82) is 5.41 Å². The first-order valence-corrected chi connectivity index (χ1v) is 5.19. The molecule has 0 spiro atoms. The van der Waals surface area contributed by atoms with Crippen LogP contribution in [0.3, 0.4) is 0 Å². The Bertz CT molecular complexity index is 175. The van der Waals surface area contributed by atoms with E-state index in [2.05, 4.69) is 38.3 Å². The summed E-state index contributed by atoms with van der Waals surface area (Å²) in [4.78, 5) is 0. The van der Waals surface area contributed by atoms with E-state index in [9.17, 15) is 0 Å². The number of nitrogens with two attached hydrogens (primary N) is 1. The van der Waals surface area contributed by atoms with Crippen LogP contribution < -0.4 is 16.4 Å². The molecule has 0 fully saturated rings. The Hall–Kier alpha value is -0.770. The van der Waals surface area contributed by atoms with Gasteiger partial charge in [0.1, 0.15) is 0 Å². The molecule has 0 saturated heterocycles. The number of rotatable bonds is 6. The van der Waals surface area contributed by atoms with Crippen molar-refractivity contribution < 1.29 is 0 Å². The molecule has 0 aliphatic heterocycles. The third-order valence-electron chi connectivity index (χ3n) is 1.97. The summed E-state index contributed by atoms with van der Waals surface area (Å²) in [6.07, 6.45) is 2.10. The molecule has 5 N–H and O–H groups in total. The van der Waals surface area contributed by atoms with Crippen LogP contribution in [-0.4, -0.2) is 24.1 Å². The van der Waals surface area contributed by atoms with Crippen LogP contribution in [0.5, 0.6) is 0 Å². The molecule has 4 nitrogen and oxygen atoms in total. The minimum atomic E-state index is 0.0552. The van der Waals surface area contributed by atoms with E-state index >= 15 is 0 Å². The van der Waals surface area contributed by atoms with Gasteiger partial charge >= 0.3 is 0 Å². The van der Waals surface area contributed by atoms with E-state index in [-0.39, 0.29) is 11.5 Å². The monoisotopic (exact) mass is 200 g/mol. The van der Waals surface area contributed by atoms with Gasteiger partial charge < -0.3 is 16.4 Å². The largest absolute Gasteiger partial charge is 0.370 e. The minimum absolute atomic E-state index is 0.0552. The van der Waals surface area contributed by atoms with E-state index in [4.69, 9.17) is 11.1 Å². The van der Waals surface area contributed by atoms with Crippen LogP contribution in [0.15, 0.2) is 0 Å². The van der Waals surface area contributed by atoms with E-state index < -0.39 is 0 Å². The predicted molar refractivity (Wildman–Crippen MR) is 61.5 cm³/mol. The molecular weight excluding hydrogens is 176 g/mol. The van der Waals surface area contributed by atoms with Crippen LogP contribution in [0, 0.1) is 5.41 Å². The first-order valence-electron chi connectivity index (χ1n) is 5.19. The zero-order valence-corrected chi connectivity index (χ0v) is 9.78. The SMILES string of the molecule is CC(C)NC(C)(C)CCCNC(=N)N. The molecule has 14 heavy (non-hydrogen) atoms. The summed E-state index contributed by atoms with van der Waals surface area (Å²) in [7, 11) is 0. The van der Waals surface area contributed by atoms with Crippen LogP contribution in [0.2, 0.25) is 0 Å². The summed E-state index contributed by atoms with van der Waals surface area (Å²) in [6.45, 7) is 9.46. The molecule has 0 saturated carbocycles. The molecule has 0 aromatic carbocycles. The van der Waals surface area contributed by atoms with Gasteiger partial charge in [-0.15, -0.1) is 0 Å². The van der Waals surface area contributed by atoms with E-state index in [1.165, 1.54) is 0 Å². The van der Waals surface area contributed by atoms with E-state index in [0.29, 0.717) is 6.04 Å². The summed E-state index contributed by atoms with van der Waals surface area (Å²) >= 11 is 0. The second-order valence-corrected chi connectivity index (χ2v) is 4.63. The van der Waals surface area contributed by atoms with Gasteiger partial charge in [0.25, 0.3) is 0 Å². The molecule has 0 aromatic heterocycles. The summed E-state index contributed by atoms with van der Waals surface area (Å²) in [6, 6.07) is 0.505. The van der Waals surface area contributed by atoms with Crippen LogP contribution >= 0.6 is 0 Å². The van der Waals surface area contributed by atoms with Crippen molar-refractivity contribution in [1.82, 2.24) is 10.6 Å². The summed E-state index contributed by atoms with van der Waals surface area (Å²) < 4.78 is 0. The molecular formula is C10H24N4. The van der Waals surface area contributed by atoms with E-state index in [1.54, 1.807) is 0 Å². The van der Waals surface area contributed by atoms with Gasteiger partial charge in [-0.1, -0.05) is 13.8 Å². The molecule has 0 rings (SSSR count). The maximum atomic E-state index is 6.99. The fourth-order valence-corrected chi connectivity index (χ4v) is 1.61. The highest BCUT2D eigenvalue weighted by atomic mass is 15.0. The van der Waals surface area contributed by atoms with Crippen molar-refractivity contribution >= 4 is 5.96 Å². The highest BCUT2D eigenvalue weighted by molar-refractivity contribution is 5.74. The summed E-state index contributed by atoms with van der Waals surface area (Å²) in [5.74, 6) is 0.0552. The Morgan fingerprint density at radius 2 is 2.00 bits per heavy atom. The summed E-state index contributed by atoms with van der Waals surface area (Å²) in [5, 5.41) is 13.3. The molecule has 0 unspecified atom stereocenters. The van der Waals surface area contributed by atoms with Gasteiger partial charge in [-0.3, -0.25) is 5.41 Å². The average Bonchev–Trinajstić information content (AvgIpc) is 1.95. The molecule has 0 aliphatic rings. The predicted octanol–water partition coefficient (Wildman–Crippen LogP) is 1.03. The molecule has 0 aromatic rings. The molecule has 0 atom stereocenters. The second-order valence-electron chi connectivity index (χ2n) is 4.63. The smallest absolute Gasteiger partial charge is 0.185 e. The Morgan fingerprint density at radius 3 is 2.43 bits per heavy atom. The lowest BCUT2D eigenvalue weighted by Crippen LogP contribution is -2.44. The van der Waals surface area contributed by atoms with Gasteiger partial charge in [0, 0.05) is 18.1 Å². The maximum Gasteiger partial charge on any atom is 0.185 e. The first-order chi connectivity index (χ1) is 6.33. The van der Waals surface area contributed by atoms with E-state index in [0.717, 1.165) is 19.4 Å². The van der Waals surface area contributed by atoms with Crippen LogP contribution in [0.4, 0.5) is 0 Å². The fourth-order valence-electron chi connectivity index (χ4n) is 1.61. The molecule has 0 heterocycles. The molecule has 0 bridgehead atoms. The minimum Gasteiger partial charge on any atom is -0.370 e. The Morgan fingerprint density at radius 1 is 1.43 bits per heavy atom. The van der Waals surface area contributed by atoms with Gasteiger partial charge in [0.2, 0.25) is 0 Å². The highest BCUT2D eigenvalue weighted by Crippen LogP contribution is 2.11. The zero-order valence-electron chi connectivity index (χ0n) is 9.78. The van der Waals surface area contributed by atoms with Gasteiger partial charge in [0.15, 0.2) is 5.96 Å². The lowest BCUT2D eigenvalue weighted by atomic mass is 9.97. The fraction of sp³-hybridized carbons (Fsp3) is 0.900. The van der Waals surface area contributed by atoms with Gasteiger partial charge in [0.05, 0.1) is 0 Å². The summed E-state index contributed by atoms with van der Waals surface area (Å²) in [5.41, 5.74) is 5.34. The third kappa shape index (κ3) is 7.86. The number of nitrogens with one attached hydrogen (secondary N) is 3. The lowest BCUT2D eigenvalue weighted by Gasteiger charge is -2.29. The molecule has 0 amide bonds. The topological polar surface area (TPSA) is 73.9 Å².